The van der Waals surface area contributed by atoms with Gasteiger partial charge < -0.3 is 29.6 Å². The number of likely N-dealkylation sites (N-methyl/N-ethyl adjacent to an activating group) is 1. The van der Waals surface area contributed by atoms with Gasteiger partial charge in [-0.05, 0) is 70.9 Å². The summed E-state index contributed by atoms with van der Waals surface area (Å²) in [6.45, 7) is 9.08. The van der Waals surface area contributed by atoms with Crippen LogP contribution in [0, 0.1) is 6.92 Å². The summed E-state index contributed by atoms with van der Waals surface area (Å²) >= 11 is 0. The summed E-state index contributed by atoms with van der Waals surface area (Å²) in [6.07, 6.45) is 5.04. The van der Waals surface area contributed by atoms with E-state index < -0.39 is 11.4 Å². The van der Waals surface area contributed by atoms with Crippen molar-refractivity contribution < 1.29 is 13.9 Å². The number of aromatic amines is 1. The zero-order valence-corrected chi connectivity index (χ0v) is 23.3. The molecule has 210 valence electrons. The molecule has 1 aliphatic heterocycles. The van der Waals surface area contributed by atoms with Crippen LogP contribution in [-0.2, 0) is 4.74 Å². The minimum absolute atomic E-state index is 0.0459. The Kier molecular flexibility index (Phi) is 7.33. The highest BCUT2D eigenvalue weighted by molar-refractivity contribution is 5.78. The number of aryl methyl sites for hydroxylation is 1. The van der Waals surface area contributed by atoms with Crippen LogP contribution in [0.2, 0.25) is 0 Å². The first-order chi connectivity index (χ1) is 19.0. The number of piperidine rings is 1. The first kappa shape index (κ1) is 27.0. The maximum absolute atomic E-state index is 12.5. The zero-order chi connectivity index (χ0) is 28.4. The smallest absolute Gasteiger partial charge is 0.417 e. The highest BCUT2D eigenvalue weighted by atomic mass is 16.6. The summed E-state index contributed by atoms with van der Waals surface area (Å²) in [4.78, 5) is 44.2. The van der Waals surface area contributed by atoms with Crippen LogP contribution < -0.4 is 21.3 Å². The monoisotopic (exact) mass is 546 g/mol. The van der Waals surface area contributed by atoms with Crippen LogP contribution in [0.1, 0.15) is 39.2 Å². The number of amides is 1. The van der Waals surface area contributed by atoms with Crippen molar-refractivity contribution in [3.05, 3.63) is 58.8 Å². The van der Waals surface area contributed by atoms with Gasteiger partial charge in [0.25, 0.3) is 0 Å². The van der Waals surface area contributed by atoms with Crippen LogP contribution in [0.15, 0.2) is 51.9 Å². The van der Waals surface area contributed by atoms with Gasteiger partial charge in [-0.25, -0.2) is 19.6 Å². The molecule has 0 spiro atoms. The SMILES string of the molecule is Cc1cnc(Nc2ccc(N3CCC[C@H](N(C)C(=O)OC(C)(C)C)C3)nc2)nc1Nc1ccc2oc(=O)[nH]c2c1. The average molecular weight is 547 g/mol. The number of aromatic nitrogens is 4. The van der Waals surface area contributed by atoms with Gasteiger partial charge in [0.2, 0.25) is 5.95 Å². The third-order valence-corrected chi connectivity index (χ3v) is 6.61. The number of rotatable bonds is 6. The number of anilines is 5. The fourth-order valence-electron chi connectivity index (χ4n) is 4.53. The quantitative estimate of drug-likeness (QED) is 0.304. The fourth-order valence-corrected chi connectivity index (χ4v) is 4.53. The molecule has 5 rings (SSSR count). The highest BCUT2D eigenvalue weighted by Gasteiger charge is 2.29. The molecule has 3 N–H and O–H groups in total. The second-order valence-corrected chi connectivity index (χ2v) is 10.9. The number of pyridine rings is 1. The number of nitrogens with one attached hydrogen (secondary N) is 3. The van der Waals surface area contributed by atoms with E-state index in [1.165, 1.54) is 0 Å². The molecule has 0 aliphatic carbocycles. The lowest BCUT2D eigenvalue weighted by Crippen LogP contribution is -2.50. The molecule has 1 aliphatic rings. The molecule has 12 nitrogen and oxygen atoms in total. The Labute approximate surface area is 231 Å². The molecule has 0 bridgehead atoms. The van der Waals surface area contributed by atoms with E-state index in [0.29, 0.717) is 29.4 Å². The molecule has 12 heteroatoms. The number of H-pyrrole nitrogens is 1. The van der Waals surface area contributed by atoms with E-state index in [0.717, 1.165) is 42.1 Å². The van der Waals surface area contributed by atoms with Crippen LogP contribution in [0.4, 0.5) is 33.8 Å². The molecule has 3 aromatic heterocycles. The van der Waals surface area contributed by atoms with Gasteiger partial charge >= 0.3 is 11.8 Å². The maximum Gasteiger partial charge on any atom is 0.417 e. The molecule has 0 unspecified atom stereocenters. The van der Waals surface area contributed by atoms with Gasteiger partial charge in [-0.1, -0.05) is 0 Å². The van der Waals surface area contributed by atoms with Crippen molar-refractivity contribution in [2.75, 3.05) is 35.7 Å². The van der Waals surface area contributed by atoms with Gasteiger partial charge in [0, 0.05) is 37.6 Å². The molecule has 1 amide bonds. The van der Waals surface area contributed by atoms with Gasteiger partial charge in [-0.2, -0.15) is 4.98 Å². The number of carbonyl (C=O) groups is 1. The van der Waals surface area contributed by atoms with Crippen LogP contribution in [0.3, 0.4) is 0 Å². The highest BCUT2D eigenvalue weighted by Crippen LogP contribution is 2.25. The Morgan fingerprint density at radius 1 is 1.15 bits per heavy atom. The van der Waals surface area contributed by atoms with E-state index in [4.69, 9.17) is 9.15 Å². The standard InChI is InChI=1S/C28H34N8O4/c1-17-14-30-25(34-24(17)31-18-8-10-22-21(13-18)33-26(37)39-22)32-19-9-11-23(29-15-19)36-12-6-7-20(16-36)35(5)27(38)40-28(2,3)4/h8-11,13-15,20H,6-7,12,16H2,1-5H3,(H,33,37)(H2,30,31,32,34)/t20-/m0/s1. The van der Waals surface area contributed by atoms with Gasteiger partial charge in [-0.3, -0.25) is 4.98 Å². The van der Waals surface area contributed by atoms with Crippen molar-refractivity contribution in [2.24, 2.45) is 0 Å². The number of benzene rings is 1. The Morgan fingerprint density at radius 3 is 2.70 bits per heavy atom. The number of ether oxygens (including phenoxy) is 1. The van der Waals surface area contributed by atoms with E-state index in [1.54, 1.807) is 36.5 Å². The van der Waals surface area contributed by atoms with E-state index in [-0.39, 0.29) is 12.1 Å². The number of hydrogen-bond acceptors (Lipinski definition) is 10. The van der Waals surface area contributed by atoms with E-state index >= 15 is 0 Å². The summed E-state index contributed by atoms with van der Waals surface area (Å²) in [5.74, 6) is 1.38. The van der Waals surface area contributed by atoms with Gasteiger partial charge in [-0.15, -0.1) is 0 Å². The average Bonchev–Trinajstić information content (AvgIpc) is 3.29. The van der Waals surface area contributed by atoms with Gasteiger partial charge in [0.15, 0.2) is 5.58 Å². The Bertz CT molecular complexity index is 1560. The van der Waals surface area contributed by atoms with Crippen molar-refractivity contribution in [2.45, 2.75) is 52.2 Å². The molecule has 1 atom stereocenters. The molecule has 0 radical (unpaired) electrons. The van der Waals surface area contributed by atoms with Crippen molar-refractivity contribution in [1.29, 1.82) is 0 Å². The molecular formula is C28H34N8O4. The van der Waals surface area contributed by atoms with E-state index in [9.17, 15) is 9.59 Å². The van der Waals surface area contributed by atoms with Gasteiger partial charge in [0.1, 0.15) is 17.2 Å². The van der Waals surface area contributed by atoms with Crippen LogP contribution in [0.25, 0.3) is 11.1 Å². The third kappa shape index (κ3) is 6.33. The molecule has 1 fully saturated rings. The molecular weight excluding hydrogens is 512 g/mol. The lowest BCUT2D eigenvalue weighted by Gasteiger charge is -2.38. The number of nitrogens with zero attached hydrogens (tertiary/aromatic N) is 5. The normalized spacial score (nSPS) is 15.6. The molecule has 4 aromatic rings. The first-order valence-electron chi connectivity index (χ1n) is 13.2. The topological polar surface area (TPSA) is 142 Å². The fraction of sp³-hybridized carbons (Fsp3) is 0.393. The predicted octanol–water partition coefficient (Wildman–Crippen LogP) is 4.94. The third-order valence-electron chi connectivity index (χ3n) is 6.61. The number of oxazole rings is 1. The largest absolute Gasteiger partial charge is 0.444 e. The Hall–Kier alpha value is -4.61. The molecule has 40 heavy (non-hydrogen) atoms. The minimum Gasteiger partial charge on any atom is -0.444 e. The molecule has 0 saturated carbocycles. The number of hydrogen-bond donors (Lipinski definition) is 3. The summed E-state index contributed by atoms with van der Waals surface area (Å²) in [5, 5.41) is 6.48. The maximum atomic E-state index is 12.5. The molecule has 1 aromatic carbocycles. The van der Waals surface area contributed by atoms with Crippen LogP contribution in [-0.4, -0.2) is 62.7 Å². The Morgan fingerprint density at radius 2 is 1.95 bits per heavy atom. The van der Waals surface area contributed by atoms with Crippen LogP contribution >= 0.6 is 0 Å². The van der Waals surface area contributed by atoms with Crippen molar-refractivity contribution >= 4 is 46.2 Å². The van der Waals surface area contributed by atoms with E-state index in [2.05, 4.69) is 35.5 Å². The predicted molar refractivity (Wildman–Crippen MR) is 154 cm³/mol. The lowest BCUT2D eigenvalue weighted by molar-refractivity contribution is 0.0209. The van der Waals surface area contributed by atoms with Crippen molar-refractivity contribution in [1.82, 2.24) is 24.8 Å². The summed E-state index contributed by atoms with van der Waals surface area (Å²) < 4.78 is 10.6. The lowest BCUT2D eigenvalue weighted by atomic mass is 10.0. The molecule has 4 heterocycles. The summed E-state index contributed by atoms with van der Waals surface area (Å²) in [7, 11) is 1.80. The Balaban J connectivity index is 1.23. The first-order valence-corrected chi connectivity index (χ1v) is 13.2. The second-order valence-electron chi connectivity index (χ2n) is 10.9. The summed E-state index contributed by atoms with van der Waals surface area (Å²) in [6, 6.07) is 9.25. The summed E-state index contributed by atoms with van der Waals surface area (Å²) in [5.41, 5.74) is 2.91. The number of carbonyl (C=O) groups excluding carboxylic acids is 1. The van der Waals surface area contributed by atoms with Crippen molar-refractivity contribution in [3.63, 3.8) is 0 Å². The van der Waals surface area contributed by atoms with Crippen molar-refractivity contribution in [3.8, 4) is 0 Å². The molecule has 1 saturated heterocycles. The number of fused-ring (bicyclic) bond motifs is 1. The van der Waals surface area contributed by atoms with Gasteiger partial charge in [0.05, 0.1) is 23.4 Å². The second kappa shape index (κ2) is 10.9. The van der Waals surface area contributed by atoms with E-state index in [1.807, 2.05) is 45.9 Å². The zero-order valence-electron chi connectivity index (χ0n) is 23.3. The minimum atomic E-state index is -0.530. The van der Waals surface area contributed by atoms with Crippen LogP contribution in [0.5, 0.6) is 0 Å².